The van der Waals surface area contributed by atoms with E-state index in [0.29, 0.717) is 6.04 Å². The molecule has 1 N–H and O–H groups in total. The summed E-state index contributed by atoms with van der Waals surface area (Å²) >= 11 is 0. The van der Waals surface area contributed by atoms with E-state index in [2.05, 4.69) is 44.7 Å². The summed E-state index contributed by atoms with van der Waals surface area (Å²) in [6, 6.07) is 4.93. The molecule has 5 heteroatoms. The zero-order valence-electron chi connectivity index (χ0n) is 22.4. The van der Waals surface area contributed by atoms with Crippen LogP contribution in [-0.2, 0) is 16.6 Å². The Hall–Kier alpha value is -1.30. The number of aliphatic hydroxyl groups is 1. The fraction of sp³-hybridized carbons (Fsp3) is 0.800. The summed E-state index contributed by atoms with van der Waals surface area (Å²) in [6.07, 6.45) is 8.00. The van der Waals surface area contributed by atoms with Crippen LogP contribution in [0, 0.1) is 22.7 Å². The molecular weight excluding hydrogens is 438 g/mol. The predicted molar refractivity (Wildman–Crippen MR) is 135 cm³/mol. The molecule has 0 aromatic heterocycles. The molecule has 5 aliphatic carbocycles. The number of methoxy groups -OCH3 is 2. The van der Waals surface area contributed by atoms with Gasteiger partial charge in [0.15, 0.2) is 11.5 Å². The second kappa shape index (κ2) is 6.76. The summed E-state index contributed by atoms with van der Waals surface area (Å²) in [5, 5.41) is 12.3. The summed E-state index contributed by atoms with van der Waals surface area (Å²) in [5.41, 5.74) is 1.26. The van der Waals surface area contributed by atoms with Gasteiger partial charge in [0, 0.05) is 42.0 Å². The van der Waals surface area contributed by atoms with Crippen molar-refractivity contribution in [1.29, 1.82) is 0 Å². The Balaban J connectivity index is 1.48. The van der Waals surface area contributed by atoms with Gasteiger partial charge in [-0.3, -0.25) is 4.90 Å². The summed E-state index contributed by atoms with van der Waals surface area (Å²) in [5.74, 6) is 2.71. The third-order valence-corrected chi connectivity index (χ3v) is 12.1. The Morgan fingerprint density at radius 1 is 1.11 bits per heavy atom. The number of hydrogen-bond acceptors (Lipinski definition) is 5. The highest BCUT2D eigenvalue weighted by molar-refractivity contribution is 5.63. The highest BCUT2D eigenvalue weighted by Crippen LogP contribution is 2.78. The van der Waals surface area contributed by atoms with Crippen LogP contribution in [0.4, 0.5) is 0 Å². The monoisotopic (exact) mass is 481 g/mol. The van der Waals surface area contributed by atoms with E-state index in [-0.39, 0.29) is 28.3 Å². The number of nitrogens with zero attached hydrogens (tertiary/aromatic N) is 1. The van der Waals surface area contributed by atoms with Crippen LogP contribution in [-0.4, -0.2) is 60.7 Å². The van der Waals surface area contributed by atoms with Gasteiger partial charge in [-0.1, -0.05) is 26.8 Å². The van der Waals surface area contributed by atoms with Crippen molar-refractivity contribution >= 4 is 0 Å². The van der Waals surface area contributed by atoms with Gasteiger partial charge >= 0.3 is 0 Å². The molecule has 4 bridgehead atoms. The largest absolute Gasteiger partial charge is 0.493 e. The second-order valence-corrected chi connectivity index (χ2v) is 14.0. The Labute approximate surface area is 210 Å². The number of piperidine rings is 1. The van der Waals surface area contributed by atoms with E-state index in [4.69, 9.17) is 14.2 Å². The van der Waals surface area contributed by atoms with Crippen LogP contribution in [0.1, 0.15) is 77.3 Å². The van der Waals surface area contributed by atoms with Crippen molar-refractivity contribution in [2.75, 3.05) is 27.3 Å². The van der Waals surface area contributed by atoms with Gasteiger partial charge in [-0.05, 0) is 81.4 Å². The van der Waals surface area contributed by atoms with Crippen molar-refractivity contribution in [2.45, 2.75) is 101 Å². The van der Waals surface area contributed by atoms with Gasteiger partial charge in [-0.2, -0.15) is 0 Å². The molecule has 1 aromatic carbocycles. The van der Waals surface area contributed by atoms with E-state index >= 15 is 0 Å². The number of fused-ring (bicyclic) bond motifs is 2. The Morgan fingerprint density at radius 2 is 1.89 bits per heavy atom. The molecule has 1 saturated heterocycles. The maximum absolute atomic E-state index is 12.3. The van der Waals surface area contributed by atoms with Crippen LogP contribution >= 0.6 is 0 Å². The number of rotatable bonds is 5. The minimum Gasteiger partial charge on any atom is -0.493 e. The number of hydrogen-bond donors (Lipinski definition) is 1. The third-order valence-electron chi connectivity index (χ3n) is 12.1. The van der Waals surface area contributed by atoms with E-state index in [9.17, 15) is 5.11 Å². The van der Waals surface area contributed by atoms with Gasteiger partial charge in [0.1, 0.15) is 11.7 Å². The SMILES string of the molecule is COc1ccc2c3c1O[C@H]1[C@]4(OC)CCC5(C[C@@H]4[C@](C)(O)C(C)(C)C)[C@@H](C2)N(CC2CC2)CC[C@]315. The molecule has 8 rings (SSSR count). The first-order valence-electron chi connectivity index (χ1n) is 13.9. The van der Waals surface area contributed by atoms with Gasteiger partial charge in [0.2, 0.25) is 0 Å². The first-order valence-corrected chi connectivity index (χ1v) is 13.9. The van der Waals surface area contributed by atoms with Crippen LogP contribution in [0.15, 0.2) is 12.1 Å². The lowest BCUT2D eigenvalue weighted by atomic mass is 9.33. The third kappa shape index (κ3) is 2.47. The van der Waals surface area contributed by atoms with Crippen molar-refractivity contribution in [1.82, 2.24) is 4.90 Å². The van der Waals surface area contributed by atoms with Crippen molar-refractivity contribution in [2.24, 2.45) is 22.7 Å². The smallest absolute Gasteiger partial charge is 0.165 e. The molecule has 0 radical (unpaired) electrons. The minimum atomic E-state index is -0.879. The molecule has 5 nitrogen and oxygen atoms in total. The van der Waals surface area contributed by atoms with Crippen LogP contribution in [0.5, 0.6) is 11.5 Å². The lowest BCUT2D eigenvalue weighted by molar-refractivity contribution is -0.312. The molecular formula is C30H43NO4. The van der Waals surface area contributed by atoms with Crippen LogP contribution in [0.25, 0.3) is 0 Å². The van der Waals surface area contributed by atoms with Crippen LogP contribution in [0.2, 0.25) is 0 Å². The van der Waals surface area contributed by atoms with Gasteiger partial charge in [0.25, 0.3) is 0 Å². The Kier molecular flexibility index (Phi) is 4.42. The summed E-state index contributed by atoms with van der Waals surface area (Å²) < 4.78 is 19.6. The van der Waals surface area contributed by atoms with Crippen molar-refractivity contribution < 1.29 is 19.3 Å². The van der Waals surface area contributed by atoms with E-state index in [1.807, 2.05) is 7.11 Å². The number of likely N-dealkylation sites (tertiary alicyclic amines) is 1. The zero-order valence-corrected chi connectivity index (χ0v) is 22.4. The summed E-state index contributed by atoms with van der Waals surface area (Å²) in [7, 11) is 3.63. The molecule has 7 atom stereocenters. The molecule has 5 fully saturated rings. The van der Waals surface area contributed by atoms with E-state index in [0.717, 1.165) is 56.1 Å². The minimum absolute atomic E-state index is 0.0112. The molecule has 192 valence electrons. The highest BCUT2D eigenvalue weighted by Gasteiger charge is 2.82. The Bertz CT molecular complexity index is 1070. The van der Waals surface area contributed by atoms with Crippen LogP contribution < -0.4 is 9.47 Å². The number of ether oxygens (including phenoxy) is 3. The van der Waals surface area contributed by atoms with Gasteiger partial charge in [-0.15, -0.1) is 0 Å². The lowest BCUT2D eigenvalue weighted by Gasteiger charge is -2.75. The summed E-state index contributed by atoms with van der Waals surface area (Å²) in [6.45, 7) is 11.0. The zero-order chi connectivity index (χ0) is 24.6. The highest BCUT2D eigenvalue weighted by atomic mass is 16.6. The second-order valence-electron chi connectivity index (χ2n) is 14.0. The maximum atomic E-state index is 12.3. The molecule has 4 saturated carbocycles. The predicted octanol–water partition coefficient (Wildman–Crippen LogP) is 4.72. The van der Waals surface area contributed by atoms with E-state index < -0.39 is 11.2 Å². The quantitative estimate of drug-likeness (QED) is 0.660. The molecule has 0 amide bonds. The first-order chi connectivity index (χ1) is 16.6. The molecule has 1 unspecified atom stereocenters. The average molecular weight is 482 g/mol. The molecule has 35 heavy (non-hydrogen) atoms. The molecule has 2 aliphatic heterocycles. The average Bonchev–Trinajstić information content (AvgIpc) is 3.56. The standard InChI is InChI=1S/C30H43NO4/c1-26(2,3)27(4,32)21-16-28-11-12-30(21,34-6)25-29(28)13-14-31(17-18-7-8-18)22(28)15-19-9-10-20(33-5)24(35-25)23(19)29/h9-10,18,21-22,25,32H,7-8,11-17H2,1-6H3/t21-,22-,25-,27+,28?,29+,30+/m1/s1. The number of benzene rings is 1. The van der Waals surface area contributed by atoms with Crippen molar-refractivity contribution in [3.05, 3.63) is 23.3 Å². The van der Waals surface area contributed by atoms with Gasteiger partial charge < -0.3 is 19.3 Å². The first kappa shape index (κ1) is 22.9. The lowest BCUT2D eigenvalue weighted by Crippen LogP contribution is -2.83. The fourth-order valence-corrected chi connectivity index (χ4v) is 9.73. The molecule has 2 spiro atoms. The topological polar surface area (TPSA) is 51.2 Å². The van der Waals surface area contributed by atoms with Gasteiger partial charge in [0.05, 0.1) is 12.7 Å². The van der Waals surface area contributed by atoms with Crippen molar-refractivity contribution in [3.63, 3.8) is 0 Å². The molecule has 1 aromatic rings. The molecule has 7 aliphatic rings. The maximum Gasteiger partial charge on any atom is 0.165 e. The van der Waals surface area contributed by atoms with E-state index in [1.165, 1.54) is 30.5 Å². The van der Waals surface area contributed by atoms with Gasteiger partial charge in [-0.25, -0.2) is 0 Å². The van der Waals surface area contributed by atoms with Crippen LogP contribution in [0.3, 0.4) is 0 Å². The Morgan fingerprint density at radius 3 is 2.54 bits per heavy atom. The summed E-state index contributed by atoms with van der Waals surface area (Å²) in [4.78, 5) is 2.86. The fourth-order valence-electron chi connectivity index (χ4n) is 9.73. The van der Waals surface area contributed by atoms with Crippen molar-refractivity contribution in [3.8, 4) is 11.5 Å². The molecule has 2 heterocycles. The van der Waals surface area contributed by atoms with E-state index in [1.54, 1.807) is 7.11 Å². The normalized spacial score (nSPS) is 42.9.